The van der Waals surface area contributed by atoms with E-state index in [4.69, 9.17) is 4.42 Å². The number of furan rings is 1. The van der Waals surface area contributed by atoms with Crippen molar-refractivity contribution >= 4 is 5.97 Å². The van der Waals surface area contributed by atoms with Crippen molar-refractivity contribution in [2.45, 2.75) is 26.0 Å². The Morgan fingerprint density at radius 2 is 2.32 bits per heavy atom. The molecule has 6 nitrogen and oxygen atoms in total. The molecular weight excluding hydrogens is 248 g/mol. The first-order chi connectivity index (χ1) is 9.17. The van der Waals surface area contributed by atoms with Crippen molar-refractivity contribution in [1.29, 1.82) is 0 Å². The van der Waals surface area contributed by atoms with Gasteiger partial charge in [-0.05, 0) is 24.6 Å². The molecule has 0 radical (unpaired) electrons. The smallest absolute Gasteiger partial charge is 0.373 e. The monoisotopic (exact) mass is 264 g/mol. The molecule has 2 aromatic heterocycles. The van der Waals surface area contributed by atoms with Crippen LogP contribution in [-0.4, -0.2) is 28.0 Å². The number of nitrogens with zero attached hydrogens (tertiary/aromatic N) is 2. The van der Waals surface area contributed by atoms with Gasteiger partial charge in [0.2, 0.25) is 5.76 Å². The number of aliphatic hydroxyl groups excluding tert-OH is 1. The van der Waals surface area contributed by atoms with Crippen molar-refractivity contribution in [3.05, 3.63) is 41.6 Å². The predicted molar refractivity (Wildman–Crippen MR) is 66.6 cm³/mol. The highest BCUT2D eigenvalue weighted by atomic mass is 16.5. The van der Waals surface area contributed by atoms with Crippen molar-refractivity contribution in [2.75, 3.05) is 7.11 Å². The Balaban J connectivity index is 2.23. The summed E-state index contributed by atoms with van der Waals surface area (Å²) in [5.41, 5.74) is 0.632. The third-order valence-electron chi connectivity index (χ3n) is 2.75. The minimum Gasteiger partial charge on any atom is -0.463 e. The second kappa shape index (κ2) is 5.71. The average Bonchev–Trinajstić information content (AvgIpc) is 3.06. The van der Waals surface area contributed by atoms with Crippen molar-refractivity contribution < 1.29 is 19.1 Å². The van der Waals surface area contributed by atoms with Crippen molar-refractivity contribution in [1.82, 2.24) is 9.78 Å². The number of carbonyl (C=O) groups excluding carboxylic acids is 1. The average molecular weight is 264 g/mol. The van der Waals surface area contributed by atoms with E-state index in [0.717, 1.165) is 6.42 Å². The van der Waals surface area contributed by atoms with E-state index in [-0.39, 0.29) is 5.76 Å². The number of methoxy groups -OCH3 is 1. The molecule has 0 aliphatic carbocycles. The van der Waals surface area contributed by atoms with Crippen molar-refractivity contribution in [3.63, 3.8) is 0 Å². The van der Waals surface area contributed by atoms with E-state index >= 15 is 0 Å². The van der Waals surface area contributed by atoms with E-state index in [0.29, 0.717) is 18.0 Å². The third kappa shape index (κ3) is 2.68. The molecule has 0 aromatic carbocycles. The fourth-order valence-electron chi connectivity index (χ4n) is 1.83. The van der Waals surface area contributed by atoms with E-state index in [9.17, 15) is 9.90 Å². The Morgan fingerprint density at radius 1 is 1.53 bits per heavy atom. The Bertz CT molecular complexity index is 558. The van der Waals surface area contributed by atoms with Gasteiger partial charge < -0.3 is 14.3 Å². The zero-order chi connectivity index (χ0) is 13.8. The lowest BCUT2D eigenvalue weighted by molar-refractivity contribution is 0.0557. The number of aryl methyl sites for hydroxylation is 1. The van der Waals surface area contributed by atoms with E-state index < -0.39 is 12.1 Å². The molecule has 1 atom stereocenters. The van der Waals surface area contributed by atoms with Gasteiger partial charge in [0, 0.05) is 12.7 Å². The van der Waals surface area contributed by atoms with E-state index in [1.165, 1.54) is 13.2 Å². The lowest BCUT2D eigenvalue weighted by Gasteiger charge is -2.10. The molecule has 0 aliphatic rings. The third-order valence-corrected chi connectivity index (χ3v) is 2.75. The van der Waals surface area contributed by atoms with Crippen LogP contribution in [0.15, 0.2) is 28.8 Å². The highest BCUT2D eigenvalue weighted by Crippen LogP contribution is 2.24. The number of esters is 1. The molecule has 2 aromatic rings. The molecule has 2 rings (SSSR count). The zero-order valence-corrected chi connectivity index (χ0v) is 10.9. The maximum atomic E-state index is 11.3. The molecule has 0 spiro atoms. The molecule has 2 heterocycles. The van der Waals surface area contributed by atoms with Crippen LogP contribution in [0.5, 0.6) is 0 Å². The van der Waals surface area contributed by atoms with E-state index in [2.05, 4.69) is 9.84 Å². The molecule has 1 unspecified atom stereocenters. The van der Waals surface area contributed by atoms with Crippen molar-refractivity contribution in [2.24, 2.45) is 0 Å². The molecule has 6 heteroatoms. The summed E-state index contributed by atoms with van der Waals surface area (Å²) in [5.74, 6) is -0.211. The second-order valence-electron chi connectivity index (χ2n) is 4.08. The molecule has 1 N–H and O–H groups in total. The summed E-state index contributed by atoms with van der Waals surface area (Å²) in [6, 6.07) is 4.76. The highest BCUT2D eigenvalue weighted by Gasteiger charge is 2.20. The van der Waals surface area contributed by atoms with Crippen molar-refractivity contribution in [3.8, 4) is 0 Å². The second-order valence-corrected chi connectivity index (χ2v) is 4.08. The summed E-state index contributed by atoms with van der Waals surface area (Å²) < 4.78 is 11.6. The number of hydrogen-bond acceptors (Lipinski definition) is 5. The minimum absolute atomic E-state index is 0.0677. The Kier molecular flexibility index (Phi) is 4.01. The summed E-state index contributed by atoms with van der Waals surface area (Å²) in [6.45, 7) is 2.74. The van der Waals surface area contributed by atoms with Gasteiger partial charge in [-0.3, -0.25) is 4.68 Å². The summed E-state index contributed by atoms with van der Waals surface area (Å²) in [4.78, 5) is 11.3. The topological polar surface area (TPSA) is 77.5 Å². The molecular formula is C13H16N2O4. The predicted octanol–water partition coefficient (Wildman–Crippen LogP) is 1.75. The van der Waals surface area contributed by atoms with Gasteiger partial charge in [0.25, 0.3) is 0 Å². The maximum Gasteiger partial charge on any atom is 0.373 e. The summed E-state index contributed by atoms with van der Waals surface area (Å²) in [6.07, 6.45) is 1.58. The number of carbonyl (C=O) groups is 1. The molecule has 0 bridgehead atoms. The Labute approximate surface area is 110 Å². The van der Waals surface area contributed by atoms with Gasteiger partial charge in [-0.15, -0.1) is 0 Å². The molecule has 102 valence electrons. The molecule has 0 saturated heterocycles. The lowest BCUT2D eigenvalue weighted by atomic mass is 10.2. The summed E-state index contributed by atoms with van der Waals surface area (Å²) >= 11 is 0. The van der Waals surface area contributed by atoms with Gasteiger partial charge in [0.15, 0.2) is 6.10 Å². The fraction of sp³-hybridized carbons (Fsp3) is 0.385. The standard InChI is InChI=1S/C13H16N2O4/c1-3-8-15-9(6-7-14-15)12(16)10-4-5-11(19-10)13(17)18-2/h4-7,12,16H,3,8H2,1-2H3. The highest BCUT2D eigenvalue weighted by molar-refractivity contribution is 5.86. The van der Waals surface area contributed by atoms with Gasteiger partial charge in [-0.25, -0.2) is 4.79 Å². The number of hydrogen-bond donors (Lipinski definition) is 1. The molecule has 0 aliphatic heterocycles. The largest absolute Gasteiger partial charge is 0.463 e. The van der Waals surface area contributed by atoms with Crippen LogP contribution in [0.1, 0.15) is 41.5 Å². The number of aromatic nitrogens is 2. The van der Waals surface area contributed by atoms with E-state index in [1.54, 1.807) is 23.0 Å². The van der Waals surface area contributed by atoms with E-state index in [1.807, 2.05) is 6.92 Å². The van der Waals surface area contributed by atoms with Crippen LogP contribution >= 0.6 is 0 Å². The molecule has 0 amide bonds. The van der Waals surface area contributed by atoms with Crippen LogP contribution in [0, 0.1) is 0 Å². The number of aliphatic hydroxyl groups is 1. The Morgan fingerprint density at radius 3 is 3.00 bits per heavy atom. The normalized spacial score (nSPS) is 12.4. The van der Waals surface area contributed by atoms with Crippen LogP contribution in [0.4, 0.5) is 0 Å². The lowest BCUT2D eigenvalue weighted by Crippen LogP contribution is -2.09. The fourth-order valence-corrected chi connectivity index (χ4v) is 1.83. The minimum atomic E-state index is -0.951. The van der Waals surface area contributed by atoms with Crippen LogP contribution in [0.25, 0.3) is 0 Å². The SMILES string of the molecule is CCCn1nccc1C(O)c1ccc(C(=O)OC)o1. The van der Waals surface area contributed by atoms with Crippen LogP contribution < -0.4 is 0 Å². The van der Waals surface area contributed by atoms with Gasteiger partial charge in [0.1, 0.15) is 5.76 Å². The first-order valence-corrected chi connectivity index (χ1v) is 6.05. The van der Waals surface area contributed by atoms with Crippen LogP contribution in [0.3, 0.4) is 0 Å². The van der Waals surface area contributed by atoms with Crippen LogP contribution in [-0.2, 0) is 11.3 Å². The maximum absolute atomic E-state index is 11.3. The zero-order valence-electron chi connectivity index (χ0n) is 10.9. The number of rotatable bonds is 5. The number of ether oxygens (including phenoxy) is 1. The van der Waals surface area contributed by atoms with Crippen LogP contribution in [0.2, 0.25) is 0 Å². The summed E-state index contributed by atoms with van der Waals surface area (Å²) in [7, 11) is 1.28. The van der Waals surface area contributed by atoms with Gasteiger partial charge >= 0.3 is 5.97 Å². The first-order valence-electron chi connectivity index (χ1n) is 6.05. The van der Waals surface area contributed by atoms with Gasteiger partial charge in [0.05, 0.1) is 12.8 Å². The van der Waals surface area contributed by atoms with Gasteiger partial charge in [-0.1, -0.05) is 6.92 Å². The quantitative estimate of drug-likeness (QED) is 0.832. The summed E-state index contributed by atoms with van der Waals surface area (Å²) in [5, 5.41) is 14.4. The molecule has 19 heavy (non-hydrogen) atoms. The molecule has 0 fully saturated rings. The first kappa shape index (κ1) is 13.4. The molecule has 0 saturated carbocycles. The van der Waals surface area contributed by atoms with Gasteiger partial charge in [-0.2, -0.15) is 5.10 Å². The Hall–Kier alpha value is -2.08.